The van der Waals surface area contributed by atoms with Gasteiger partial charge in [0, 0.05) is 12.7 Å². The molecule has 0 unspecified atom stereocenters. The number of amides is 2. The van der Waals surface area contributed by atoms with Crippen molar-refractivity contribution in [3.8, 4) is 0 Å². The molecule has 0 aliphatic heterocycles. The lowest BCUT2D eigenvalue weighted by Crippen LogP contribution is -2.46. The fourth-order valence-electron chi connectivity index (χ4n) is 1.35. The summed E-state index contributed by atoms with van der Waals surface area (Å²) in [6, 6.07) is 4.14. The van der Waals surface area contributed by atoms with Gasteiger partial charge in [-0.15, -0.1) is 0 Å². The van der Waals surface area contributed by atoms with Gasteiger partial charge in [-0.3, -0.25) is 9.78 Å². The predicted octanol–water partition coefficient (Wildman–Crippen LogP) is 1.09. The van der Waals surface area contributed by atoms with E-state index in [1.54, 1.807) is 12.3 Å². The van der Waals surface area contributed by atoms with Crippen molar-refractivity contribution in [1.82, 2.24) is 15.2 Å². The Kier molecular flexibility index (Phi) is 5.10. The Morgan fingerprint density at radius 3 is 2.72 bits per heavy atom. The lowest BCUT2D eigenvalue weighted by molar-refractivity contribution is -0.138. The number of aromatic nitrogens is 1. The molecule has 0 saturated carbocycles. The molecule has 98 valence electrons. The molecule has 6 heteroatoms. The van der Waals surface area contributed by atoms with Crippen LogP contribution in [0.3, 0.4) is 0 Å². The van der Waals surface area contributed by atoms with Gasteiger partial charge in [-0.05, 0) is 26.0 Å². The van der Waals surface area contributed by atoms with E-state index in [2.05, 4.69) is 10.3 Å². The molecule has 0 saturated heterocycles. The molecule has 2 N–H and O–H groups in total. The van der Waals surface area contributed by atoms with E-state index in [0.29, 0.717) is 13.1 Å². The molecule has 1 rings (SSSR count). The average Bonchev–Trinajstić information content (AvgIpc) is 2.36. The number of urea groups is 1. The smallest absolute Gasteiger partial charge is 0.325 e. The van der Waals surface area contributed by atoms with Gasteiger partial charge in [0.25, 0.3) is 0 Å². The van der Waals surface area contributed by atoms with Crippen molar-refractivity contribution in [2.24, 2.45) is 0 Å². The summed E-state index contributed by atoms with van der Waals surface area (Å²) in [5.74, 6) is -1.06. The topological polar surface area (TPSA) is 82.5 Å². The van der Waals surface area contributed by atoms with Gasteiger partial charge in [-0.2, -0.15) is 0 Å². The summed E-state index contributed by atoms with van der Waals surface area (Å²) in [6.45, 7) is 4.09. The SMILES string of the molecule is CCN(Cc1ccccn1)C(=O)N[C@@H](C)C(=O)O. The largest absolute Gasteiger partial charge is 0.480 e. The Morgan fingerprint density at radius 2 is 2.22 bits per heavy atom. The van der Waals surface area contributed by atoms with Crippen LogP contribution in [-0.2, 0) is 11.3 Å². The highest BCUT2D eigenvalue weighted by molar-refractivity contribution is 5.82. The van der Waals surface area contributed by atoms with Crippen LogP contribution in [0, 0.1) is 0 Å². The van der Waals surface area contributed by atoms with E-state index >= 15 is 0 Å². The standard InChI is InChI=1S/C12H17N3O3/c1-3-15(8-10-6-4-5-7-13-10)12(18)14-9(2)11(16)17/h4-7,9H,3,8H2,1-2H3,(H,14,18)(H,16,17)/t9-/m0/s1. The number of aliphatic carboxylic acids is 1. The molecule has 0 aliphatic carbocycles. The quantitative estimate of drug-likeness (QED) is 0.820. The number of hydrogen-bond donors (Lipinski definition) is 2. The van der Waals surface area contributed by atoms with Crippen LogP contribution in [-0.4, -0.2) is 39.6 Å². The van der Waals surface area contributed by atoms with Gasteiger partial charge in [0.2, 0.25) is 0 Å². The van der Waals surface area contributed by atoms with E-state index in [0.717, 1.165) is 5.69 Å². The molecule has 0 fully saturated rings. The molecule has 1 heterocycles. The van der Waals surface area contributed by atoms with Gasteiger partial charge in [0.1, 0.15) is 6.04 Å². The van der Waals surface area contributed by atoms with Crippen LogP contribution >= 0.6 is 0 Å². The molecular formula is C12H17N3O3. The Balaban J connectivity index is 2.61. The number of carboxylic acid groups (broad SMARTS) is 1. The van der Waals surface area contributed by atoms with Crippen LogP contribution in [0.2, 0.25) is 0 Å². The highest BCUT2D eigenvalue weighted by atomic mass is 16.4. The molecule has 2 amide bonds. The molecule has 1 atom stereocenters. The third-order valence-electron chi connectivity index (χ3n) is 2.46. The molecule has 0 spiro atoms. The van der Waals surface area contributed by atoms with E-state index in [9.17, 15) is 9.59 Å². The van der Waals surface area contributed by atoms with Crippen LogP contribution in [0.15, 0.2) is 24.4 Å². The van der Waals surface area contributed by atoms with E-state index in [1.807, 2.05) is 19.1 Å². The molecule has 18 heavy (non-hydrogen) atoms. The second-order valence-electron chi connectivity index (χ2n) is 3.84. The fourth-order valence-corrected chi connectivity index (χ4v) is 1.35. The summed E-state index contributed by atoms with van der Waals surface area (Å²) in [5.41, 5.74) is 0.762. The fraction of sp³-hybridized carbons (Fsp3) is 0.417. The molecule has 1 aromatic rings. The number of pyridine rings is 1. The number of carboxylic acids is 1. The van der Waals surface area contributed by atoms with Crippen LogP contribution in [0.25, 0.3) is 0 Å². The van der Waals surface area contributed by atoms with Crippen molar-refractivity contribution in [1.29, 1.82) is 0 Å². The summed E-state index contributed by atoms with van der Waals surface area (Å²) < 4.78 is 0. The second-order valence-corrected chi connectivity index (χ2v) is 3.84. The number of carbonyl (C=O) groups is 2. The van der Waals surface area contributed by atoms with Gasteiger partial charge < -0.3 is 15.3 Å². The molecule has 6 nitrogen and oxygen atoms in total. The van der Waals surface area contributed by atoms with E-state index < -0.39 is 18.0 Å². The summed E-state index contributed by atoms with van der Waals surface area (Å²) >= 11 is 0. The minimum atomic E-state index is -1.06. The van der Waals surface area contributed by atoms with Crippen molar-refractivity contribution in [2.45, 2.75) is 26.4 Å². The number of nitrogens with zero attached hydrogens (tertiary/aromatic N) is 2. The first-order valence-electron chi connectivity index (χ1n) is 5.72. The van der Waals surface area contributed by atoms with E-state index in [1.165, 1.54) is 11.8 Å². The lowest BCUT2D eigenvalue weighted by atomic mass is 10.3. The van der Waals surface area contributed by atoms with Crippen molar-refractivity contribution >= 4 is 12.0 Å². The van der Waals surface area contributed by atoms with Gasteiger partial charge in [-0.25, -0.2) is 4.79 Å². The zero-order valence-electron chi connectivity index (χ0n) is 10.5. The number of nitrogens with one attached hydrogen (secondary N) is 1. The van der Waals surface area contributed by atoms with Crippen LogP contribution in [0.4, 0.5) is 4.79 Å². The Labute approximate surface area is 106 Å². The summed E-state index contributed by atoms with van der Waals surface area (Å²) in [5, 5.41) is 11.1. The first-order valence-corrected chi connectivity index (χ1v) is 5.72. The Hall–Kier alpha value is -2.11. The van der Waals surface area contributed by atoms with E-state index in [4.69, 9.17) is 5.11 Å². The normalized spacial score (nSPS) is 11.7. The number of carbonyl (C=O) groups excluding carboxylic acids is 1. The van der Waals surface area contributed by atoms with Crippen molar-refractivity contribution < 1.29 is 14.7 Å². The highest BCUT2D eigenvalue weighted by Crippen LogP contribution is 2.01. The first kappa shape index (κ1) is 14.0. The Morgan fingerprint density at radius 1 is 1.50 bits per heavy atom. The minimum absolute atomic E-state index is 0.357. The van der Waals surface area contributed by atoms with Crippen LogP contribution in [0.1, 0.15) is 19.5 Å². The second kappa shape index (κ2) is 6.58. The van der Waals surface area contributed by atoms with Gasteiger partial charge >= 0.3 is 12.0 Å². The highest BCUT2D eigenvalue weighted by Gasteiger charge is 2.18. The van der Waals surface area contributed by atoms with Crippen molar-refractivity contribution in [2.75, 3.05) is 6.54 Å². The molecule has 1 aromatic heterocycles. The molecular weight excluding hydrogens is 234 g/mol. The predicted molar refractivity (Wildman–Crippen MR) is 66.0 cm³/mol. The van der Waals surface area contributed by atoms with Crippen LogP contribution < -0.4 is 5.32 Å². The zero-order chi connectivity index (χ0) is 13.5. The average molecular weight is 251 g/mol. The summed E-state index contributed by atoms with van der Waals surface area (Å²) in [4.78, 5) is 28.1. The lowest BCUT2D eigenvalue weighted by Gasteiger charge is -2.22. The van der Waals surface area contributed by atoms with Gasteiger partial charge in [-0.1, -0.05) is 6.07 Å². The molecule has 0 aliphatic rings. The van der Waals surface area contributed by atoms with Crippen LogP contribution in [0.5, 0.6) is 0 Å². The van der Waals surface area contributed by atoms with Crippen molar-refractivity contribution in [3.63, 3.8) is 0 Å². The van der Waals surface area contributed by atoms with Gasteiger partial charge in [0.05, 0.1) is 12.2 Å². The molecule has 0 radical (unpaired) electrons. The summed E-state index contributed by atoms with van der Waals surface area (Å²) in [7, 11) is 0. The maximum absolute atomic E-state index is 11.8. The third-order valence-corrected chi connectivity index (χ3v) is 2.46. The first-order chi connectivity index (χ1) is 8.54. The number of hydrogen-bond acceptors (Lipinski definition) is 3. The monoisotopic (exact) mass is 251 g/mol. The van der Waals surface area contributed by atoms with Gasteiger partial charge in [0.15, 0.2) is 0 Å². The third kappa shape index (κ3) is 4.04. The number of rotatable bonds is 5. The zero-order valence-corrected chi connectivity index (χ0v) is 10.5. The summed E-state index contributed by atoms with van der Waals surface area (Å²) in [6.07, 6.45) is 1.65. The van der Waals surface area contributed by atoms with E-state index in [-0.39, 0.29) is 0 Å². The Bertz CT molecular complexity index is 408. The van der Waals surface area contributed by atoms with Crippen molar-refractivity contribution in [3.05, 3.63) is 30.1 Å². The molecule has 0 aromatic carbocycles. The minimum Gasteiger partial charge on any atom is -0.480 e. The maximum atomic E-state index is 11.8. The maximum Gasteiger partial charge on any atom is 0.325 e. The molecule has 0 bridgehead atoms.